The van der Waals surface area contributed by atoms with E-state index < -0.39 is 23.3 Å². The summed E-state index contributed by atoms with van der Waals surface area (Å²) in [6.45, 7) is 0.552. The van der Waals surface area contributed by atoms with Gasteiger partial charge in [-0.15, -0.1) is 11.6 Å². The van der Waals surface area contributed by atoms with Crippen molar-refractivity contribution in [1.29, 1.82) is 0 Å². The minimum Gasteiger partial charge on any atom is -0.374 e. The first-order valence-electron chi connectivity index (χ1n) is 5.42. The average molecular weight is 279 g/mol. The number of nitrogens with zero attached hydrogens (tertiary/aromatic N) is 1. The van der Waals surface area contributed by atoms with Gasteiger partial charge in [-0.3, -0.25) is 14.3 Å². The number of halogens is 2. The fourth-order valence-electron chi connectivity index (χ4n) is 1.67. The van der Waals surface area contributed by atoms with E-state index in [1.165, 1.54) is 0 Å². The van der Waals surface area contributed by atoms with Crippen molar-refractivity contribution in [2.75, 3.05) is 19.1 Å². The molecule has 1 saturated heterocycles. The lowest BCUT2D eigenvalue weighted by Crippen LogP contribution is -2.35. The minimum absolute atomic E-state index is 0.210. The SMILES string of the molecule is O=c1[nH]c(=O)n(C2CCOC(CCl)CO2)cc1F. The molecule has 0 amide bonds. The molecule has 1 aromatic heterocycles. The van der Waals surface area contributed by atoms with Gasteiger partial charge in [0.05, 0.1) is 31.4 Å². The van der Waals surface area contributed by atoms with Gasteiger partial charge in [0, 0.05) is 6.42 Å². The summed E-state index contributed by atoms with van der Waals surface area (Å²) in [5, 5.41) is 0. The van der Waals surface area contributed by atoms with E-state index >= 15 is 0 Å². The number of aromatic nitrogens is 2. The Morgan fingerprint density at radius 1 is 1.50 bits per heavy atom. The third kappa shape index (κ3) is 2.80. The Morgan fingerprint density at radius 2 is 2.28 bits per heavy atom. The van der Waals surface area contributed by atoms with Crippen LogP contribution >= 0.6 is 11.6 Å². The van der Waals surface area contributed by atoms with Gasteiger partial charge in [-0.2, -0.15) is 4.39 Å². The number of rotatable bonds is 2. The average Bonchev–Trinajstić information content (AvgIpc) is 2.59. The molecule has 0 spiro atoms. The molecule has 2 atom stereocenters. The molecule has 2 unspecified atom stereocenters. The summed E-state index contributed by atoms with van der Waals surface area (Å²) in [6, 6.07) is 0. The molecule has 1 aliphatic rings. The van der Waals surface area contributed by atoms with Crippen molar-refractivity contribution in [3.8, 4) is 0 Å². The highest BCUT2D eigenvalue weighted by Gasteiger charge is 2.21. The lowest BCUT2D eigenvalue weighted by Gasteiger charge is -2.17. The third-order valence-corrected chi connectivity index (χ3v) is 2.94. The van der Waals surface area contributed by atoms with E-state index in [1.807, 2.05) is 4.98 Å². The van der Waals surface area contributed by atoms with Crippen LogP contribution in [0, 0.1) is 5.82 Å². The van der Waals surface area contributed by atoms with Crippen LogP contribution in [0.2, 0.25) is 0 Å². The fraction of sp³-hybridized carbons (Fsp3) is 0.600. The Labute approximate surface area is 106 Å². The summed E-state index contributed by atoms with van der Waals surface area (Å²) in [6.07, 6.45) is 0.295. The maximum Gasteiger partial charge on any atom is 0.330 e. The molecule has 1 fully saturated rings. The second-order valence-electron chi connectivity index (χ2n) is 3.87. The van der Waals surface area contributed by atoms with Gasteiger partial charge >= 0.3 is 5.69 Å². The minimum atomic E-state index is -1.04. The molecule has 0 aliphatic carbocycles. The maximum absolute atomic E-state index is 13.1. The van der Waals surface area contributed by atoms with Crippen LogP contribution < -0.4 is 11.2 Å². The van der Waals surface area contributed by atoms with Gasteiger partial charge in [0.15, 0.2) is 0 Å². The van der Waals surface area contributed by atoms with Crippen LogP contribution in [0.1, 0.15) is 12.6 Å². The van der Waals surface area contributed by atoms with Crippen LogP contribution in [0.15, 0.2) is 15.8 Å². The molecule has 0 radical (unpaired) electrons. The number of hydrogen-bond donors (Lipinski definition) is 1. The zero-order valence-electron chi connectivity index (χ0n) is 9.40. The number of alkyl halides is 1. The van der Waals surface area contributed by atoms with E-state index in [0.29, 0.717) is 13.0 Å². The molecule has 6 nitrogen and oxygen atoms in total. The highest BCUT2D eigenvalue weighted by molar-refractivity contribution is 6.18. The van der Waals surface area contributed by atoms with Crippen LogP contribution in [0.3, 0.4) is 0 Å². The highest BCUT2D eigenvalue weighted by Crippen LogP contribution is 2.17. The predicted octanol–water partition coefficient (Wildman–Crippen LogP) is 0.219. The molecule has 1 aromatic rings. The summed E-state index contributed by atoms with van der Waals surface area (Å²) in [7, 11) is 0. The normalized spacial score (nSPS) is 24.8. The van der Waals surface area contributed by atoms with Gasteiger partial charge in [-0.1, -0.05) is 0 Å². The molecule has 1 aliphatic heterocycles. The van der Waals surface area contributed by atoms with Gasteiger partial charge in [0.2, 0.25) is 5.82 Å². The van der Waals surface area contributed by atoms with Crippen molar-refractivity contribution in [2.45, 2.75) is 18.8 Å². The number of hydrogen-bond acceptors (Lipinski definition) is 4. The number of H-pyrrole nitrogens is 1. The first kappa shape index (κ1) is 13.3. The lowest BCUT2D eigenvalue weighted by atomic mass is 10.4. The molecule has 0 saturated carbocycles. The molecule has 2 heterocycles. The molecular formula is C10H12ClFN2O4. The summed E-state index contributed by atoms with van der Waals surface area (Å²) < 4.78 is 25.0. The smallest absolute Gasteiger partial charge is 0.330 e. The van der Waals surface area contributed by atoms with Gasteiger partial charge in [-0.25, -0.2) is 4.79 Å². The molecule has 8 heteroatoms. The quantitative estimate of drug-likeness (QED) is 0.786. The summed E-state index contributed by atoms with van der Waals surface area (Å²) in [4.78, 5) is 24.3. The van der Waals surface area contributed by atoms with E-state index in [9.17, 15) is 14.0 Å². The molecule has 2 rings (SSSR count). The first-order chi connectivity index (χ1) is 8.61. The van der Waals surface area contributed by atoms with Crippen LogP contribution in [-0.2, 0) is 9.47 Å². The topological polar surface area (TPSA) is 73.3 Å². The highest BCUT2D eigenvalue weighted by atomic mass is 35.5. The lowest BCUT2D eigenvalue weighted by molar-refractivity contribution is -0.0148. The standard InChI is InChI=1S/C10H12ClFN2O4/c11-3-6-5-18-8(1-2-17-6)14-4-7(12)9(15)13-10(14)16/h4,6,8H,1-3,5H2,(H,13,15,16). The van der Waals surface area contributed by atoms with Crippen LogP contribution in [-0.4, -0.2) is 34.7 Å². The second-order valence-corrected chi connectivity index (χ2v) is 4.18. The Balaban J connectivity index is 2.24. The molecular weight excluding hydrogens is 267 g/mol. The second kappa shape index (κ2) is 5.64. The fourth-order valence-corrected chi connectivity index (χ4v) is 1.85. The van der Waals surface area contributed by atoms with Crippen LogP contribution in [0.25, 0.3) is 0 Å². The van der Waals surface area contributed by atoms with E-state index in [2.05, 4.69) is 0 Å². The molecule has 18 heavy (non-hydrogen) atoms. The Kier molecular flexibility index (Phi) is 4.15. The number of ether oxygens (including phenoxy) is 2. The summed E-state index contributed by atoms with van der Waals surface area (Å²) in [5.74, 6) is -0.751. The predicted molar refractivity (Wildman–Crippen MR) is 61.3 cm³/mol. The summed E-state index contributed by atoms with van der Waals surface area (Å²) >= 11 is 5.64. The van der Waals surface area contributed by atoms with Crippen molar-refractivity contribution in [3.05, 3.63) is 32.9 Å². The Bertz CT molecular complexity index is 529. The van der Waals surface area contributed by atoms with Crippen molar-refractivity contribution < 1.29 is 13.9 Å². The zero-order chi connectivity index (χ0) is 13.1. The maximum atomic E-state index is 13.1. The zero-order valence-corrected chi connectivity index (χ0v) is 10.2. The van der Waals surface area contributed by atoms with E-state index in [-0.39, 0.29) is 18.6 Å². The van der Waals surface area contributed by atoms with Crippen molar-refractivity contribution in [2.24, 2.45) is 0 Å². The van der Waals surface area contributed by atoms with Gasteiger partial charge in [0.25, 0.3) is 5.56 Å². The van der Waals surface area contributed by atoms with Crippen molar-refractivity contribution in [3.63, 3.8) is 0 Å². The Morgan fingerprint density at radius 3 is 3.00 bits per heavy atom. The number of aromatic amines is 1. The monoisotopic (exact) mass is 278 g/mol. The molecule has 0 bridgehead atoms. The molecule has 100 valence electrons. The number of nitrogens with one attached hydrogen (secondary N) is 1. The van der Waals surface area contributed by atoms with Gasteiger partial charge < -0.3 is 9.47 Å². The van der Waals surface area contributed by atoms with E-state index in [4.69, 9.17) is 21.1 Å². The van der Waals surface area contributed by atoms with Crippen molar-refractivity contribution >= 4 is 11.6 Å². The van der Waals surface area contributed by atoms with Gasteiger partial charge in [0.1, 0.15) is 6.23 Å². The van der Waals surface area contributed by atoms with Crippen molar-refractivity contribution in [1.82, 2.24) is 9.55 Å². The van der Waals surface area contributed by atoms with Crippen LogP contribution in [0.5, 0.6) is 0 Å². The molecule has 0 aromatic carbocycles. The summed E-state index contributed by atoms with van der Waals surface area (Å²) in [5.41, 5.74) is -1.75. The largest absolute Gasteiger partial charge is 0.374 e. The third-order valence-electron chi connectivity index (χ3n) is 2.60. The van der Waals surface area contributed by atoms with E-state index in [0.717, 1.165) is 10.8 Å². The molecule has 1 N–H and O–H groups in total. The van der Waals surface area contributed by atoms with Gasteiger partial charge in [-0.05, 0) is 0 Å². The van der Waals surface area contributed by atoms with Crippen LogP contribution in [0.4, 0.5) is 4.39 Å². The Hall–Kier alpha value is -1.18. The first-order valence-corrected chi connectivity index (χ1v) is 5.95. The van der Waals surface area contributed by atoms with E-state index in [1.54, 1.807) is 0 Å².